The summed E-state index contributed by atoms with van der Waals surface area (Å²) in [6.07, 6.45) is 8.81. The number of aliphatic imine (C=N–C) groups is 1. The first-order valence-corrected chi connectivity index (χ1v) is 10.3. The van der Waals surface area contributed by atoms with Gasteiger partial charge in [0.1, 0.15) is 12.1 Å². The number of rotatable bonds is 4. The van der Waals surface area contributed by atoms with Crippen LogP contribution in [-0.4, -0.2) is 36.4 Å². The van der Waals surface area contributed by atoms with E-state index in [1.54, 1.807) is 0 Å². The fourth-order valence-electron chi connectivity index (χ4n) is 4.04. The molecular weight excluding hydrogens is 354 g/mol. The Morgan fingerprint density at radius 2 is 2.07 bits per heavy atom. The van der Waals surface area contributed by atoms with E-state index >= 15 is 0 Å². The molecule has 0 spiro atoms. The van der Waals surface area contributed by atoms with E-state index < -0.39 is 0 Å². The lowest BCUT2D eigenvalue weighted by atomic mass is 9.99. The largest absolute Gasteiger partial charge is 0.337 e. The van der Waals surface area contributed by atoms with E-state index in [1.165, 1.54) is 5.69 Å². The molecule has 6 heteroatoms. The summed E-state index contributed by atoms with van der Waals surface area (Å²) >= 11 is 1.87. The molecular formula is C21H21N5S. The standard InChI is InChI=1S/C21H21N5S/c1-2-15-14-27-21-24-19(17-8-3-4-11-23-17)20(26(15)21)18-9-6-12-25(18)16-7-5-10-22-13-16/h3-13,15,19-20H,2,14H2,1H3/t15-,19-,20-/m1/s1. The van der Waals surface area contributed by atoms with Crippen molar-refractivity contribution in [2.24, 2.45) is 4.99 Å². The molecule has 2 aliphatic rings. The van der Waals surface area contributed by atoms with Crippen molar-refractivity contribution in [1.82, 2.24) is 19.4 Å². The van der Waals surface area contributed by atoms with E-state index in [0.29, 0.717) is 6.04 Å². The van der Waals surface area contributed by atoms with Gasteiger partial charge in [-0.2, -0.15) is 0 Å². The van der Waals surface area contributed by atoms with Gasteiger partial charge >= 0.3 is 0 Å². The summed E-state index contributed by atoms with van der Waals surface area (Å²) in [6, 6.07) is 15.2. The summed E-state index contributed by atoms with van der Waals surface area (Å²) < 4.78 is 2.24. The van der Waals surface area contributed by atoms with Crippen LogP contribution in [0.4, 0.5) is 0 Å². The lowest BCUT2D eigenvalue weighted by Gasteiger charge is -2.32. The number of nitrogens with zero attached hydrogens (tertiary/aromatic N) is 5. The Labute approximate surface area is 163 Å². The van der Waals surface area contributed by atoms with Gasteiger partial charge in [-0.05, 0) is 42.8 Å². The molecule has 0 unspecified atom stereocenters. The summed E-state index contributed by atoms with van der Waals surface area (Å²) in [5, 5.41) is 1.15. The summed E-state index contributed by atoms with van der Waals surface area (Å²) in [5.41, 5.74) is 3.34. The molecule has 27 heavy (non-hydrogen) atoms. The maximum Gasteiger partial charge on any atom is 0.160 e. The fraction of sp³-hybridized carbons (Fsp3) is 0.286. The minimum atomic E-state index is 0.00775. The maximum atomic E-state index is 5.10. The lowest BCUT2D eigenvalue weighted by molar-refractivity contribution is 0.249. The number of hydrogen-bond acceptors (Lipinski definition) is 5. The molecule has 0 aliphatic carbocycles. The monoisotopic (exact) mass is 375 g/mol. The molecule has 3 aromatic heterocycles. The van der Waals surface area contributed by atoms with Crippen LogP contribution < -0.4 is 0 Å². The predicted molar refractivity (Wildman–Crippen MR) is 109 cm³/mol. The van der Waals surface area contributed by atoms with Crippen molar-refractivity contribution in [2.75, 3.05) is 5.75 Å². The highest BCUT2D eigenvalue weighted by atomic mass is 32.2. The second kappa shape index (κ2) is 6.85. The minimum absolute atomic E-state index is 0.00775. The number of pyridine rings is 2. The molecule has 0 N–H and O–H groups in total. The molecule has 1 saturated heterocycles. The SMILES string of the molecule is CC[C@@H]1CSC2=N[C@H](c3ccccn3)[C@@H](c3cccn3-c3cccnc3)N21. The lowest BCUT2D eigenvalue weighted by Crippen LogP contribution is -2.36. The Bertz CT molecular complexity index is 953. The van der Waals surface area contributed by atoms with Crippen LogP contribution in [0, 0.1) is 0 Å². The number of amidine groups is 1. The summed E-state index contributed by atoms with van der Waals surface area (Å²) in [5.74, 6) is 1.11. The van der Waals surface area contributed by atoms with Crippen molar-refractivity contribution in [3.63, 3.8) is 0 Å². The summed E-state index contributed by atoms with van der Waals surface area (Å²) in [6.45, 7) is 2.26. The molecule has 0 aromatic carbocycles. The second-order valence-electron chi connectivity index (χ2n) is 6.85. The predicted octanol–water partition coefficient (Wildman–Crippen LogP) is 4.25. The van der Waals surface area contributed by atoms with Gasteiger partial charge in [0.15, 0.2) is 5.17 Å². The highest BCUT2D eigenvalue weighted by Crippen LogP contribution is 2.48. The zero-order chi connectivity index (χ0) is 18.2. The van der Waals surface area contributed by atoms with E-state index in [-0.39, 0.29) is 12.1 Å². The molecule has 5 heterocycles. The van der Waals surface area contributed by atoms with Crippen molar-refractivity contribution in [3.05, 3.63) is 78.6 Å². The topological polar surface area (TPSA) is 46.3 Å². The van der Waals surface area contributed by atoms with Gasteiger partial charge in [-0.1, -0.05) is 24.8 Å². The highest BCUT2D eigenvalue weighted by molar-refractivity contribution is 8.14. The molecule has 0 bridgehead atoms. The van der Waals surface area contributed by atoms with Crippen LogP contribution in [0.15, 0.2) is 72.2 Å². The Morgan fingerprint density at radius 1 is 1.11 bits per heavy atom. The molecule has 3 atom stereocenters. The van der Waals surface area contributed by atoms with Crippen LogP contribution in [0.3, 0.4) is 0 Å². The van der Waals surface area contributed by atoms with Crippen LogP contribution >= 0.6 is 11.8 Å². The first-order valence-electron chi connectivity index (χ1n) is 9.34. The van der Waals surface area contributed by atoms with Crippen molar-refractivity contribution in [1.29, 1.82) is 0 Å². The van der Waals surface area contributed by atoms with Crippen LogP contribution in [0.5, 0.6) is 0 Å². The van der Waals surface area contributed by atoms with Gasteiger partial charge in [-0.3, -0.25) is 15.0 Å². The Morgan fingerprint density at radius 3 is 2.85 bits per heavy atom. The molecule has 5 rings (SSSR count). The average Bonchev–Trinajstić information content (AvgIpc) is 3.44. The normalized spacial score (nSPS) is 24.1. The van der Waals surface area contributed by atoms with Crippen LogP contribution in [-0.2, 0) is 0 Å². The third-order valence-corrected chi connectivity index (χ3v) is 6.46. The molecule has 2 aliphatic heterocycles. The van der Waals surface area contributed by atoms with Gasteiger partial charge in [0.2, 0.25) is 0 Å². The van der Waals surface area contributed by atoms with E-state index in [2.05, 4.69) is 56.8 Å². The van der Waals surface area contributed by atoms with Crippen molar-refractivity contribution >= 4 is 16.9 Å². The molecule has 0 amide bonds. The van der Waals surface area contributed by atoms with Gasteiger partial charge in [-0.25, -0.2) is 0 Å². The van der Waals surface area contributed by atoms with E-state index in [4.69, 9.17) is 4.99 Å². The molecule has 1 fully saturated rings. The third kappa shape index (κ3) is 2.75. The van der Waals surface area contributed by atoms with Crippen LogP contribution in [0.25, 0.3) is 5.69 Å². The Kier molecular flexibility index (Phi) is 4.20. The quantitative estimate of drug-likeness (QED) is 0.684. The summed E-state index contributed by atoms with van der Waals surface area (Å²) in [4.78, 5) is 16.6. The Hall–Kier alpha value is -2.60. The minimum Gasteiger partial charge on any atom is -0.337 e. The summed E-state index contributed by atoms with van der Waals surface area (Å²) in [7, 11) is 0. The molecule has 3 aromatic rings. The molecule has 136 valence electrons. The number of hydrogen-bond donors (Lipinski definition) is 0. The van der Waals surface area contributed by atoms with Crippen molar-refractivity contribution in [2.45, 2.75) is 31.5 Å². The van der Waals surface area contributed by atoms with Gasteiger partial charge in [-0.15, -0.1) is 0 Å². The van der Waals surface area contributed by atoms with E-state index in [0.717, 1.165) is 28.7 Å². The van der Waals surface area contributed by atoms with Gasteiger partial charge in [0, 0.05) is 36.1 Å². The van der Waals surface area contributed by atoms with Crippen LogP contribution in [0.1, 0.15) is 36.8 Å². The third-order valence-electron chi connectivity index (χ3n) is 5.34. The van der Waals surface area contributed by atoms with Crippen molar-refractivity contribution < 1.29 is 0 Å². The molecule has 0 saturated carbocycles. The number of aromatic nitrogens is 3. The second-order valence-corrected chi connectivity index (χ2v) is 7.84. The fourth-order valence-corrected chi connectivity index (χ4v) is 5.38. The van der Waals surface area contributed by atoms with Gasteiger partial charge in [0.05, 0.1) is 17.6 Å². The highest BCUT2D eigenvalue weighted by Gasteiger charge is 2.46. The average molecular weight is 376 g/mol. The first kappa shape index (κ1) is 16.6. The first-order chi connectivity index (χ1) is 13.4. The maximum absolute atomic E-state index is 5.10. The van der Waals surface area contributed by atoms with Gasteiger partial charge in [0.25, 0.3) is 0 Å². The zero-order valence-corrected chi connectivity index (χ0v) is 16.0. The van der Waals surface area contributed by atoms with Crippen molar-refractivity contribution in [3.8, 4) is 5.69 Å². The molecule has 5 nitrogen and oxygen atoms in total. The molecule has 0 radical (unpaired) electrons. The van der Waals surface area contributed by atoms with E-state index in [1.807, 2.05) is 48.6 Å². The number of thioether (sulfide) groups is 1. The Balaban J connectivity index is 1.63. The van der Waals surface area contributed by atoms with Gasteiger partial charge < -0.3 is 9.47 Å². The zero-order valence-electron chi connectivity index (χ0n) is 15.1. The van der Waals surface area contributed by atoms with E-state index in [9.17, 15) is 0 Å². The smallest absolute Gasteiger partial charge is 0.160 e. The number of fused-ring (bicyclic) bond motifs is 1. The van der Waals surface area contributed by atoms with Crippen LogP contribution in [0.2, 0.25) is 0 Å².